The number of carbonyl (C=O) groups is 1. The summed E-state index contributed by atoms with van der Waals surface area (Å²) in [7, 11) is -0.800. The number of hydrogen-bond donors (Lipinski definition) is 1. The Bertz CT molecular complexity index is 309. The van der Waals surface area contributed by atoms with E-state index in [1.807, 2.05) is 11.8 Å². The fraction of sp³-hybridized carbons (Fsp3) is 0.923. The Hall–Kier alpha value is -0.420. The van der Waals surface area contributed by atoms with E-state index in [0.29, 0.717) is 24.0 Å². The van der Waals surface area contributed by atoms with Gasteiger partial charge in [-0.25, -0.2) is 0 Å². The van der Waals surface area contributed by atoms with Gasteiger partial charge in [0.15, 0.2) is 0 Å². The summed E-state index contributed by atoms with van der Waals surface area (Å²) in [5.74, 6) is 1.80. The van der Waals surface area contributed by atoms with Crippen LogP contribution in [-0.4, -0.2) is 45.3 Å². The Morgan fingerprint density at radius 2 is 2.06 bits per heavy atom. The van der Waals surface area contributed by atoms with Gasteiger partial charge < -0.3 is 4.90 Å². The van der Waals surface area contributed by atoms with Crippen molar-refractivity contribution >= 4 is 16.7 Å². The van der Waals surface area contributed by atoms with Crippen LogP contribution in [0.4, 0.5) is 0 Å². The first-order chi connectivity index (χ1) is 8.54. The highest BCUT2D eigenvalue weighted by Gasteiger charge is 2.39. The summed E-state index contributed by atoms with van der Waals surface area (Å²) < 4.78 is 11.5. The average Bonchev–Trinajstić information content (AvgIpc) is 2.71. The molecular formula is C13H26N2O2S. The molecule has 4 nitrogen and oxygen atoms in total. The monoisotopic (exact) mass is 274 g/mol. The van der Waals surface area contributed by atoms with Gasteiger partial charge in [-0.05, 0) is 12.3 Å². The summed E-state index contributed by atoms with van der Waals surface area (Å²) in [6.45, 7) is 8.82. The van der Waals surface area contributed by atoms with E-state index in [0.717, 1.165) is 12.8 Å². The molecule has 1 heterocycles. The van der Waals surface area contributed by atoms with Crippen LogP contribution < -0.4 is 5.32 Å². The van der Waals surface area contributed by atoms with Gasteiger partial charge in [0.1, 0.15) is 0 Å². The molecule has 0 spiro atoms. The predicted molar refractivity (Wildman–Crippen MR) is 75.7 cm³/mol. The van der Waals surface area contributed by atoms with Gasteiger partial charge in [0.05, 0.1) is 12.2 Å². The average molecular weight is 274 g/mol. The van der Waals surface area contributed by atoms with E-state index >= 15 is 0 Å². The fourth-order valence-corrected chi connectivity index (χ4v) is 2.98. The van der Waals surface area contributed by atoms with Crippen molar-refractivity contribution in [3.8, 4) is 0 Å². The number of carbonyl (C=O) groups excluding carboxylic acids is 1. The van der Waals surface area contributed by atoms with E-state index < -0.39 is 10.8 Å². The molecular weight excluding hydrogens is 248 g/mol. The first-order valence-electron chi connectivity index (χ1n) is 6.96. The molecule has 0 saturated carbocycles. The van der Waals surface area contributed by atoms with Crippen LogP contribution in [-0.2, 0) is 15.6 Å². The third kappa shape index (κ3) is 3.54. The van der Waals surface area contributed by atoms with Crippen LogP contribution in [0.15, 0.2) is 0 Å². The van der Waals surface area contributed by atoms with Crippen LogP contribution in [0.5, 0.6) is 0 Å². The van der Waals surface area contributed by atoms with Crippen LogP contribution in [0.1, 0.15) is 40.5 Å². The molecule has 0 aromatic rings. The molecule has 1 aliphatic heterocycles. The highest BCUT2D eigenvalue weighted by Crippen LogP contribution is 2.20. The van der Waals surface area contributed by atoms with Crippen LogP contribution in [0.25, 0.3) is 0 Å². The van der Waals surface area contributed by atoms with Gasteiger partial charge in [-0.3, -0.25) is 14.3 Å². The maximum atomic E-state index is 12.3. The van der Waals surface area contributed by atoms with Gasteiger partial charge >= 0.3 is 0 Å². The molecule has 0 aliphatic carbocycles. The first kappa shape index (κ1) is 15.6. The molecule has 1 rings (SSSR count). The standard InChI is InChI=1S/C13H26N2O2S/c1-5-10(4)12-13(16)15(11(6-2)14-12)8-9-18(17)7-3/h10-12,14H,5-9H2,1-4H3. The second-order valence-corrected chi connectivity index (χ2v) is 6.78. The third-order valence-corrected chi connectivity index (χ3v) is 5.06. The maximum Gasteiger partial charge on any atom is 0.241 e. The number of nitrogens with one attached hydrogen (secondary N) is 1. The Labute approximate surface area is 113 Å². The largest absolute Gasteiger partial charge is 0.325 e. The van der Waals surface area contributed by atoms with E-state index in [1.54, 1.807) is 0 Å². The quantitative estimate of drug-likeness (QED) is 0.762. The zero-order chi connectivity index (χ0) is 13.7. The van der Waals surface area contributed by atoms with Gasteiger partial charge in [-0.1, -0.05) is 34.1 Å². The van der Waals surface area contributed by atoms with Crippen molar-refractivity contribution in [1.29, 1.82) is 0 Å². The molecule has 4 unspecified atom stereocenters. The minimum absolute atomic E-state index is 0.0602. The van der Waals surface area contributed by atoms with Gasteiger partial charge in [-0.2, -0.15) is 0 Å². The molecule has 1 fully saturated rings. The molecule has 1 saturated heterocycles. The lowest BCUT2D eigenvalue weighted by atomic mass is 9.99. The summed E-state index contributed by atoms with van der Waals surface area (Å²) >= 11 is 0. The van der Waals surface area contributed by atoms with Gasteiger partial charge in [0.25, 0.3) is 0 Å². The Kier molecular flexibility index (Phi) is 6.29. The number of nitrogens with zero attached hydrogens (tertiary/aromatic N) is 1. The van der Waals surface area contributed by atoms with Gasteiger partial charge in [0.2, 0.25) is 5.91 Å². The highest BCUT2D eigenvalue weighted by molar-refractivity contribution is 7.84. The Balaban J connectivity index is 2.65. The number of rotatable bonds is 7. The lowest BCUT2D eigenvalue weighted by Gasteiger charge is -2.22. The van der Waals surface area contributed by atoms with Crippen molar-refractivity contribution in [2.75, 3.05) is 18.1 Å². The van der Waals surface area contributed by atoms with Crippen molar-refractivity contribution in [2.45, 2.75) is 52.7 Å². The molecule has 0 radical (unpaired) electrons. The van der Waals surface area contributed by atoms with Crippen LogP contribution in [0, 0.1) is 5.92 Å². The van der Waals surface area contributed by atoms with Crippen molar-refractivity contribution in [3.05, 3.63) is 0 Å². The number of amides is 1. The summed E-state index contributed by atoms with van der Waals surface area (Å²) in [5.41, 5.74) is 0. The minimum atomic E-state index is -0.800. The molecule has 1 amide bonds. The maximum absolute atomic E-state index is 12.3. The molecule has 4 atom stereocenters. The molecule has 0 aromatic carbocycles. The summed E-state index contributed by atoms with van der Waals surface area (Å²) in [4.78, 5) is 14.2. The molecule has 5 heteroatoms. The Morgan fingerprint density at radius 1 is 1.39 bits per heavy atom. The van der Waals surface area contributed by atoms with Crippen molar-refractivity contribution < 1.29 is 9.00 Å². The lowest BCUT2D eigenvalue weighted by Crippen LogP contribution is -2.39. The van der Waals surface area contributed by atoms with E-state index in [9.17, 15) is 9.00 Å². The zero-order valence-corrected chi connectivity index (χ0v) is 12.8. The van der Waals surface area contributed by atoms with E-state index in [1.165, 1.54) is 0 Å². The fourth-order valence-electron chi connectivity index (χ4n) is 2.29. The van der Waals surface area contributed by atoms with Crippen molar-refractivity contribution in [1.82, 2.24) is 10.2 Å². The molecule has 18 heavy (non-hydrogen) atoms. The zero-order valence-electron chi connectivity index (χ0n) is 11.9. The van der Waals surface area contributed by atoms with Gasteiger partial charge in [-0.15, -0.1) is 0 Å². The molecule has 0 aromatic heterocycles. The van der Waals surface area contributed by atoms with Crippen LogP contribution in [0.2, 0.25) is 0 Å². The molecule has 1 aliphatic rings. The van der Waals surface area contributed by atoms with E-state index in [2.05, 4.69) is 26.1 Å². The molecule has 1 N–H and O–H groups in total. The molecule has 0 bridgehead atoms. The van der Waals surface area contributed by atoms with Crippen molar-refractivity contribution in [2.24, 2.45) is 5.92 Å². The smallest absolute Gasteiger partial charge is 0.241 e. The summed E-state index contributed by atoms with van der Waals surface area (Å²) in [6, 6.07) is -0.0602. The van der Waals surface area contributed by atoms with Crippen LogP contribution in [0.3, 0.4) is 0 Å². The molecule has 106 valence electrons. The second-order valence-electron chi connectivity index (χ2n) is 4.92. The summed E-state index contributed by atoms with van der Waals surface area (Å²) in [6.07, 6.45) is 2.01. The number of hydrogen-bond acceptors (Lipinski definition) is 3. The highest BCUT2D eigenvalue weighted by atomic mass is 32.2. The summed E-state index contributed by atoms with van der Waals surface area (Å²) in [5, 5.41) is 3.41. The third-order valence-electron chi connectivity index (χ3n) is 3.78. The van der Waals surface area contributed by atoms with Crippen molar-refractivity contribution in [3.63, 3.8) is 0 Å². The second kappa shape index (κ2) is 7.24. The normalized spacial score (nSPS) is 27.6. The van der Waals surface area contributed by atoms with E-state index in [-0.39, 0.29) is 18.1 Å². The lowest BCUT2D eigenvalue weighted by molar-refractivity contribution is -0.130. The topological polar surface area (TPSA) is 49.4 Å². The first-order valence-corrected chi connectivity index (χ1v) is 8.45. The van der Waals surface area contributed by atoms with E-state index in [4.69, 9.17) is 0 Å². The Morgan fingerprint density at radius 3 is 2.56 bits per heavy atom. The predicted octanol–water partition coefficient (Wildman–Crippen LogP) is 1.34. The van der Waals surface area contributed by atoms with Crippen LogP contribution >= 0.6 is 0 Å². The minimum Gasteiger partial charge on any atom is -0.325 e. The SMILES string of the molecule is CCC(C)C1NC(CC)N(CCS(=O)CC)C1=O. The van der Waals surface area contributed by atoms with Gasteiger partial charge in [0, 0.05) is 28.9 Å².